The van der Waals surface area contributed by atoms with Crippen molar-refractivity contribution in [1.29, 1.82) is 0 Å². The van der Waals surface area contributed by atoms with E-state index in [1.165, 1.54) is 6.92 Å². The van der Waals surface area contributed by atoms with Crippen molar-refractivity contribution in [3.05, 3.63) is 28.2 Å². The molecule has 0 saturated heterocycles. The predicted molar refractivity (Wildman–Crippen MR) is 76.6 cm³/mol. The van der Waals surface area contributed by atoms with Gasteiger partial charge in [0.15, 0.2) is 0 Å². The zero-order valence-electron chi connectivity index (χ0n) is 10.5. The lowest BCUT2D eigenvalue weighted by molar-refractivity contribution is -0.119. The molecule has 2 amide bonds. The molecule has 1 aromatic rings. The van der Waals surface area contributed by atoms with Gasteiger partial charge in [-0.2, -0.15) is 5.10 Å². The highest BCUT2D eigenvalue weighted by atomic mass is 35.5. The second-order valence-corrected chi connectivity index (χ2v) is 4.68. The largest absolute Gasteiger partial charge is 0.326 e. The number of hydrogen-bond donors (Lipinski definition) is 2. The number of halogens is 2. The van der Waals surface area contributed by atoms with Crippen LogP contribution in [-0.4, -0.2) is 17.5 Å². The average molecular weight is 302 g/mol. The van der Waals surface area contributed by atoms with Crippen molar-refractivity contribution in [1.82, 2.24) is 5.43 Å². The summed E-state index contributed by atoms with van der Waals surface area (Å²) in [4.78, 5) is 22.3. The lowest BCUT2D eigenvalue weighted by Crippen LogP contribution is -2.19. The van der Waals surface area contributed by atoms with E-state index in [-0.39, 0.29) is 18.2 Å². The number of rotatable bonds is 4. The smallest absolute Gasteiger partial charge is 0.236 e. The molecule has 19 heavy (non-hydrogen) atoms. The summed E-state index contributed by atoms with van der Waals surface area (Å²) in [6.07, 6.45) is 0.0700. The molecule has 0 spiro atoms. The lowest BCUT2D eigenvalue weighted by atomic mass is 10.2. The fraction of sp³-hybridized carbons (Fsp3) is 0.250. The summed E-state index contributed by atoms with van der Waals surface area (Å²) in [7, 11) is 0. The SMILES string of the molecule is CC(=O)N/N=C(/C)CC(=O)Nc1ccc(Cl)c(Cl)c1. The van der Waals surface area contributed by atoms with Crippen molar-refractivity contribution in [3.63, 3.8) is 0 Å². The third-order valence-corrected chi connectivity index (χ3v) is 2.76. The maximum Gasteiger partial charge on any atom is 0.236 e. The van der Waals surface area contributed by atoms with Crippen LogP contribution in [0, 0.1) is 0 Å². The first kappa shape index (κ1) is 15.5. The summed E-state index contributed by atoms with van der Waals surface area (Å²) in [5.41, 5.74) is 3.30. The van der Waals surface area contributed by atoms with Gasteiger partial charge in [0.2, 0.25) is 11.8 Å². The molecule has 0 fully saturated rings. The van der Waals surface area contributed by atoms with Crippen LogP contribution in [0.3, 0.4) is 0 Å². The summed E-state index contributed by atoms with van der Waals surface area (Å²) in [6.45, 7) is 2.98. The van der Waals surface area contributed by atoms with Gasteiger partial charge >= 0.3 is 0 Å². The average Bonchev–Trinajstić information content (AvgIpc) is 2.31. The molecule has 0 radical (unpaired) electrons. The lowest BCUT2D eigenvalue weighted by Gasteiger charge is -2.06. The van der Waals surface area contributed by atoms with Crippen LogP contribution in [-0.2, 0) is 9.59 Å². The summed E-state index contributed by atoms with van der Waals surface area (Å²) in [6, 6.07) is 4.80. The van der Waals surface area contributed by atoms with Gasteiger partial charge in [-0.1, -0.05) is 23.2 Å². The Morgan fingerprint density at radius 2 is 1.89 bits per heavy atom. The van der Waals surface area contributed by atoms with Gasteiger partial charge in [-0.15, -0.1) is 0 Å². The molecular weight excluding hydrogens is 289 g/mol. The number of carbonyl (C=O) groups is 2. The van der Waals surface area contributed by atoms with E-state index in [0.29, 0.717) is 21.4 Å². The summed E-state index contributed by atoms with van der Waals surface area (Å²) >= 11 is 11.6. The number of hydrogen-bond acceptors (Lipinski definition) is 3. The standard InChI is InChI=1S/C12H13Cl2N3O2/c1-7(16-17-8(2)18)5-12(19)15-9-3-4-10(13)11(14)6-9/h3-4,6H,5H2,1-2H3,(H,15,19)(H,17,18)/b16-7-. The normalized spacial score (nSPS) is 11.1. The topological polar surface area (TPSA) is 70.6 Å². The Hall–Kier alpha value is -1.59. The van der Waals surface area contributed by atoms with Gasteiger partial charge in [0.05, 0.1) is 16.5 Å². The summed E-state index contributed by atoms with van der Waals surface area (Å²) in [5.74, 6) is -0.547. The highest BCUT2D eigenvalue weighted by molar-refractivity contribution is 6.42. The molecule has 102 valence electrons. The van der Waals surface area contributed by atoms with Crippen LogP contribution in [0.15, 0.2) is 23.3 Å². The molecule has 0 unspecified atom stereocenters. The molecule has 0 saturated carbocycles. The molecule has 1 rings (SSSR count). The summed E-state index contributed by atoms with van der Waals surface area (Å²) in [5, 5.41) is 7.18. The summed E-state index contributed by atoms with van der Waals surface area (Å²) < 4.78 is 0. The molecule has 0 aromatic heterocycles. The monoisotopic (exact) mass is 301 g/mol. The van der Waals surface area contributed by atoms with Crippen LogP contribution in [0.25, 0.3) is 0 Å². The van der Waals surface area contributed by atoms with Crippen LogP contribution < -0.4 is 10.7 Å². The first-order chi connectivity index (χ1) is 8.88. The van der Waals surface area contributed by atoms with Gasteiger partial charge in [-0.25, -0.2) is 5.43 Å². The Labute approximate surface area is 121 Å². The highest BCUT2D eigenvalue weighted by Crippen LogP contribution is 2.24. The van der Waals surface area contributed by atoms with E-state index in [4.69, 9.17) is 23.2 Å². The Balaban J connectivity index is 2.57. The number of nitrogens with zero attached hydrogens (tertiary/aromatic N) is 1. The molecule has 0 aliphatic rings. The van der Waals surface area contributed by atoms with E-state index >= 15 is 0 Å². The first-order valence-corrected chi connectivity index (χ1v) is 6.18. The van der Waals surface area contributed by atoms with Crippen molar-refractivity contribution < 1.29 is 9.59 Å². The van der Waals surface area contributed by atoms with Crippen molar-refractivity contribution in [2.45, 2.75) is 20.3 Å². The maximum absolute atomic E-state index is 11.7. The van der Waals surface area contributed by atoms with E-state index in [2.05, 4.69) is 15.8 Å². The van der Waals surface area contributed by atoms with Gasteiger partial charge in [0.25, 0.3) is 0 Å². The molecule has 2 N–H and O–H groups in total. The highest BCUT2D eigenvalue weighted by Gasteiger charge is 2.06. The molecule has 0 aliphatic carbocycles. The number of benzene rings is 1. The third-order valence-electron chi connectivity index (χ3n) is 2.02. The van der Waals surface area contributed by atoms with Gasteiger partial charge in [-0.05, 0) is 25.1 Å². The molecule has 0 bridgehead atoms. The Morgan fingerprint density at radius 1 is 1.21 bits per heavy atom. The van der Waals surface area contributed by atoms with Crippen LogP contribution in [0.5, 0.6) is 0 Å². The van der Waals surface area contributed by atoms with Crippen molar-refractivity contribution in [2.24, 2.45) is 5.10 Å². The molecular formula is C12H13Cl2N3O2. The predicted octanol–water partition coefficient (Wildman–Crippen LogP) is 2.83. The van der Waals surface area contributed by atoms with Gasteiger partial charge in [0.1, 0.15) is 0 Å². The molecule has 0 aliphatic heterocycles. The number of anilines is 1. The van der Waals surface area contributed by atoms with Crippen molar-refractivity contribution >= 4 is 46.4 Å². The molecule has 0 atom stereocenters. The quantitative estimate of drug-likeness (QED) is 0.663. The molecule has 1 aromatic carbocycles. The van der Waals surface area contributed by atoms with Gasteiger partial charge in [0, 0.05) is 18.3 Å². The zero-order chi connectivity index (χ0) is 14.4. The van der Waals surface area contributed by atoms with Gasteiger partial charge < -0.3 is 5.32 Å². The van der Waals surface area contributed by atoms with E-state index < -0.39 is 0 Å². The van der Waals surface area contributed by atoms with Crippen LogP contribution in [0.2, 0.25) is 10.0 Å². The minimum absolute atomic E-state index is 0.0700. The zero-order valence-corrected chi connectivity index (χ0v) is 12.0. The number of carbonyl (C=O) groups excluding carboxylic acids is 2. The van der Waals surface area contributed by atoms with Crippen LogP contribution in [0.4, 0.5) is 5.69 Å². The minimum Gasteiger partial charge on any atom is -0.326 e. The fourth-order valence-corrected chi connectivity index (χ4v) is 1.52. The molecule has 0 heterocycles. The van der Waals surface area contributed by atoms with E-state index in [1.54, 1.807) is 25.1 Å². The second-order valence-electron chi connectivity index (χ2n) is 3.87. The van der Waals surface area contributed by atoms with E-state index in [9.17, 15) is 9.59 Å². The van der Waals surface area contributed by atoms with Gasteiger partial charge in [-0.3, -0.25) is 9.59 Å². The van der Waals surface area contributed by atoms with E-state index in [0.717, 1.165) is 0 Å². The first-order valence-electron chi connectivity index (χ1n) is 5.43. The van der Waals surface area contributed by atoms with Crippen molar-refractivity contribution in [3.8, 4) is 0 Å². The molecule has 5 nitrogen and oxygen atoms in total. The molecule has 7 heteroatoms. The Morgan fingerprint density at radius 3 is 2.47 bits per heavy atom. The van der Waals surface area contributed by atoms with Crippen LogP contribution in [0.1, 0.15) is 20.3 Å². The Kier molecular flexibility index (Phi) is 5.79. The second kappa shape index (κ2) is 7.11. The Bertz CT molecular complexity index is 530. The number of hydrazone groups is 1. The van der Waals surface area contributed by atoms with Crippen LogP contribution >= 0.6 is 23.2 Å². The van der Waals surface area contributed by atoms with E-state index in [1.807, 2.05) is 0 Å². The third kappa shape index (κ3) is 5.72. The minimum atomic E-state index is -0.288. The number of amides is 2. The number of nitrogens with one attached hydrogen (secondary N) is 2. The fourth-order valence-electron chi connectivity index (χ4n) is 1.23. The maximum atomic E-state index is 11.7. The van der Waals surface area contributed by atoms with Crippen molar-refractivity contribution in [2.75, 3.05) is 5.32 Å².